The standard InChI is InChI=1S/C20H20N4O3S2/c1-14-4-8-17(9-5-14)28-15(2)19(25)23-16-6-10-18(11-7-16)29(26,27)24-20-21-12-3-13-22-20/h3-13,15H,1-2H3,(H,23,25)(H,21,22,24)/t15-/m1/s1. The summed E-state index contributed by atoms with van der Waals surface area (Å²) < 4.78 is 27.1. The van der Waals surface area contributed by atoms with Gasteiger partial charge < -0.3 is 5.32 Å². The van der Waals surface area contributed by atoms with Gasteiger partial charge in [-0.05, 0) is 56.3 Å². The maximum Gasteiger partial charge on any atom is 0.264 e. The third kappa shape index (κ3) is 5.78. The highest BCUT2D eigenvalue weighted by Crippen LogP contribution is 2.25. The number of benzene rings is 2. The Hall–Kier alpha value is -2.91. The lowest BCUT2D eigenvalue weighted by Crippen LogP contribution is -2.22. The fourth-order valence-corrected chi connectivity index (χ4v) is 4.19. The molecular formula is C20H20N4O3S2. The Morgan fingerprint density at radius 3 is 2.24 bits per heavy atom. The highest BCUT2D eigenvalue weighted by Gasteiger charge is 2.17. The molecule has 0 saturated carbocycles. The Morgan fingerprint density at radius 2 is 1.62 bits per heavy atom. The number of nitrogens with one attached hydrogen (secondary N) is 2. The van der Waals surface area contributed by atoms with Crippen molar-refractivity contribution in [2.45, 2.75) is 28.9 Å². The molecule has 150 valence electrons. The number of sulfonamides is 1. The molecule has 3 aromatic rings. The number of amides is 1. The topological polar surface area (TPSA) is 101 Å². The number of aromatic nitrogens is 2. The van der Waals surface area contributed by atoms with Gasteiger partial charge in [0.2, 0.25) is 11.9 Å². The average molecular weight is 429 g/mol. The largest absolute Gasteiger partial charge is 0.325 e. The Kier molecular flexibility index (Phi) is 6.50. The fourth-order valence-electron chi connectivity index (χ4n) is 2.37. The molecule has 0 unspecified atom stereocenters. The zero-order valence-corrected chi connectivity index (χ0v) is 17.5. The summed E-state index contributed by atoms with van der Waals surface area (Å²) in [6.45, 7) is 3.83. The molecule has 3 rings (SSSR count). The van der Waals surface area contributed by atoms with Crippen molar-refractivity contribution >= 4 is 39.3 Å². The van der Waals surface area contributed by atoms with Crippen LogP contribution in [0.3, 0.4) is 0 Å². The molecule has 1 atom stereocenters. The van der Waals surface area contributed by atoms with E-state index in [4.69, 9.17) is 0 Å². The number of nitrogens with zero attached hydrogens (tertiary/aromatic N) is 2. The molecule has 0 fully saturated rings. The Morgan fingerprint density at radius 1 is 1.00 bits per heavy atom. The quantitative estimate of drug-likeness (QED) is 0.557. The molecule has 0 aliphatic carbocycles. The second-order valence-corrected chi connectivity index (χ2v) is 9.36. The van der Waals surface area contributed by atoms with Crippen molar-refractivity contribution in [1.29, 1.82) is 0 Å². The predicted molar refractivity (Wildman–Crippen MR) is 114 cm³/mol. The van der Waals surface area contributed by atoms with Crippen molar-refractivity contribution in [3.05, 3.63) is 72.6 Å². The normalized spacial score (nSPS) is 12.2. The second-order valence-electron chi connectivity index (χ2n) is 6.26. The zero-order valence-electron chi connectivity index (χ0n) is 15.9. The van der Waals surface area contributed by atoms with E-state index < -0.39 is 10.0 Å². The molecular weight excluding hydrogens is 408 g/mol. The van der Waals surface area contributed by atoms with Crippen LogP contribution in [0.15, 0.2) is 76.8 Å². The van der Waals surface area contributed by atoms with Crippen molar-refractivity contribution in [2.75, 3.05) is 10.0 Å². The van der Waals surface area contributed by atoms with E-state index >= 15 is 0 Å². The van der Waals surface area contributed by atoms with Crippen molar-refractivity contribution in [3.8, 4) is 0 Å². The molecule has 0 bridgehead atoms. The van der Waals surface area contributed by atoms with E-state index in [-0.39, 0.29) is 22.0 Å². The number of anilines is 2. The molecule has 0 aliphatic rings. The minimum atomic E-state index is -3.81. The number of hydrogen-bond acceptors (Lipinski definition) is 6. The van der Waals surface area contributed by atoms with E-state index in [2.05, 4.69) is 20.0 Å². The summed E-state index contributed by atoms with van der Waals surface area (Å²) in [5.74, 6) is -0.172. The monoisotopic (exact) mass is 428 g/mol. The minimum absolute atomic E-state index is 0.00756. The lowest BCUT2D eigenvalue weighted by Gasteiger charge is -2.13. The van der Waals surface area contributed by atoms with Gasteiger partial charge in [-0.15, -0.1) is 11.8 Å². The molecule has 2 aromatic carbocycles. The van der Waals surface area contributed by atoms with Crippen LogP contribution in [-0.2, 0) is 14.8 Å². The van der Waals surface area contributed by atoms with Crippen LogP contribution in [-0.4, -0.2) is 29.5 Å². The van der Waals surface area contributed by atoms with E-state index in [9.17, 15) is 13.2 Å². The third-order valence-corrected chi connectivity index (χ3v) is 6.38. The molecule has 1 heterocycles. The number of carbonyl (C=O) groups excluding carboxylic acids is 1. The Labute approximate surface area is 174 Å². The lowest BCUT2D eigenvalue weighted by molar-refractivity contribution is -0.115. The summed E-state index contributed by atoms with van der Waals surface area (Å²) >= 11 is 1.46. The molecule has 0 aliphatic heterocycles. The molecule has 0 saturated heterocycles. The fraction of sp³-hybridized carbons (Fsp3) is 0.150. The van der Waals surface area contributed by atoms with Crippen molar-refractivity contribution in [2.24, 2.45) is 0 Å². The van der Waals surface area contributed by atoms with E-state index in [0.717, 1.165) is 10.5 Å². The first-order valence-corrected chi connectivity index (χ1v) is 11.1. The molecule has 1 amide bonds. The first-order chi connectivity index (χ1) is 13.8. The van der Waals surface area contributed by atoms with Gasteiger partial charge >= 0.3 is 0 Å². The maximum atomic E-state index is 12.4. The molecule has 29 heavy (non-hydrogen) atoms. The summed E-state index contributed by atoms with van der Waals surface area (Å²) in [6, 6.07) is 15.5. The number of rotatable bonds is 7. The van der Waals surface area contributed by atoms with Crippen molar-refractivity contribution in [3.63, 3.8) is 0 Å². The molecule has 0 radical (unpaired) electrons. The number of carbonyl (C=O) groups is 1. The van der Waals surface area contributed by atoms with Gasteiger partial charge in [-0.3, -0.25) is 4.79 Å². The van der Waals surface area contributed by atoms with Crippen LogP contribution >= 0.6 is 11.8 Å². The van der Waals surface area contributed by atoms with Crippen LogP contribution in [0.2, 0.25) is 0 Å². The highest BCUT2D eigenvalue weighted by atomic mass is 32.2. The van der Waals surface area contributed by atoms with Gasteiger partial charge in [0.05, 0.1) is 10.1 Å². The van der Waals surface area contributed by atoms with Gasteiger partial charge in [-0.2, -0.15) is 0 Å². The number of hydrogen-bond donors (Lipinski definition) is 2. The number of aryl methyl sites for hydroxylation is 1. The first-order valence-electron chi connectivity index (χ1n) is 8.77. The van der Waals surface area contributed by atoms with Gasteiger partial charge in [0.25, 0.3) is 10.0 Å². The van der Waals surface area contributed by atoms with E-state index in [0.29, 0.717) is 5.69 Å². The van der Waals surface area contributed by atoms with Gasteiger partial charge in [0, 0.05) is 23.0 Å². The third-order valence-electron chi connectivity index (χ3n) is 3.93. The van der Waals surface area contributed by atoms with Crippen LogP contribution in [0.25, 0.3) is 0 Å². The van der Waals surface area contributed by atoms with Crippen LogP contribution in [0, 0.1) is 6.92 Å². The van der Waals surface area contributed by atoms with Gasteiger partial charge in [0.15, 0.2) is 0 Å². The van der Waals surface area contributed by atoms with Gasteiger partial charge in [-0.25, -0.2) is 23.1 Å². The van der Waals surface area contributed by atoms with Crippen LogP contribution in [0.5, 0.6) is 0 Å². The zero-order chi connectivity index (χ0) is 20.9. The summed E-state index contributed by atoms with van der Waals surface area (Å²) in [4.78, 5) is 21.2. The van der Waals surface area contributed by atoms with Gasteiger partial charge in [-0.1, -0.05) is 17.7 Å². The van der Waals surface area contributed by atoms with E-state index in [1.165, 1.54) is 36.3 Å². The summed E-state index contributed by atoms with van der Waals surface area (Å²) in [5, 5.41) is 2.49. The van der Waals surface area contributed by atoms with Crippen molar-refractivity contribution in [1.82, 2.24) is 9.97 Å². The second kappa shape index (κ2) is 9.06. The van der Waals surface area contributed by atoms with Gasteiger partial charge in [0.1, 0.15) is 0 Å². The summed E-state index contributed by atoms with van der Waals surface area (Å²) in [6.07, 6.45) is 2.89. The molecule has 0 spiro atoms. The molecule has 7 nitrogen and oxygen atoms in total. The first kappa shape index (κ1) is 20.8. The van der Waals surface area contributed by atoms with Crippen molar-refractivity contribution < 1.29 is 13.2 Å². The number of thioether (sulfide) groups is 1. The Balaban J connectivity index is 1.62. The minimum Gasteiger partial charge on any atom is -0.325 e. The van der Waals surface area contributed by atoms with Crippen LogP contribution < -0.4 is 10.0 Å². The predicted octanol–water partition coefficient (Wildman–Crippen LogP) is 3.71. The molecule has 1 aromatic heterocycles. The highest BCUT2D eigenvalue weighted by molar-refractivity contribution is 8.00. The maximum absolute atomic E-state index is 12.4. The summed E-state index contributed by atoms with van der Waals surface area (Å²) in [7, 11) is -3.81. The lowest BCUT2D eigenvalue weighted by atomic mass is 10.2. The Bertz CT molecular complexity index is 1070. The SMILES string of the molecule is Cc1ccc(S[C@H](C)C(=O)Nc2ccc(S(=O)(=O)Nc3ncccn3)cc2)cc1. The molecule has 9 heteroatoms. The van der Waals surface area contributed by atoms with E-state index in [1.54, 1.807) is 18.2 Å². The van der Waals surface area contributed by atoms with E-state index in [1.807, 2.05) is 38.1 Å². The van der Waals surface area contributed by atoms with Crippen LogP contribution in [0.1, 0.15) is 12.5 Å². The smallest absolute Gasteiger partial charge is 0.264 e. The van der Waals surface area contributed by atoms with Crippen LogP contribution in [0.4, 0.5) is 11.6 Å². The summed E-state index contributed by atoms with van der Waals surface area (Å²) in [5.41, 5.74) is 1.68. The molecule has 2 N–H and O–H groups in total. The average Bonchev–Trinajstić information content (AvgIpc) is 2.70.